The Morgan fingerprint density at radius 3 is 1.48 bits per heavy atom. The average Bonchev–Trinajstić information content (AvgIpc) is 3.02. The van der Waals surface area contributed by atoms with Crippen LogP contribution in [0.25, 0.3) is 0 Å². The SMILES string of the molecule is CN[C@H](C(=O)N[C@H](C(=O)N(C)[C@H](C(=O)N(C)[C@H](C(=O)N(C)[C@H](C(=O)NCCc1ccccc1OC)C(C)C)C(C)C)C(C)C)C(C)C)C(C)C. The Morgan fingerprint density at radius 2 is 1.06 bits per heavy atom. The second-order valence-electron chi connectivity index (χ2n) is 15.0. The van der Waals surface area contributed by atoms with Gasteiger partial charge in [-0.05, 0) is 54.7 Å². The van der Waals surface area contributed by atoms with E-state index in [4.69, 9.17) is 4.74 Å². The van der Waals surface area contributed by atoms with Gasteiger partial charge in [0.25, 0.3) is 0 Å². The molecular weight excluding hydrogens is 636 g/mol. The smallest absolute Gasteiger partial charge is 0.246 e. The Kier molecular flexibility index (Phi) is 18.0. The zero-order chi connectivity index (χ0) is 38.6. The van der Waals surface area contributed by atoms with Crippen molar-refractivity contribution in [3.63, 3.8) is 0 Å². The maximum Gasteiger partial charge on any atom is 0.246 e. The van der Waals surface area contributed by atoms with E-state index in [-0.39, 0.29) is 53.2 Å². The number of para-hydroxylation sites is 1. The molecule has 0 radical (unpaired) electrons. The van der Waals surface area contributed by atoms with Gasteiger partial charge in [-0.25, -0.2) is 0 Å². The minimum atomic E-state index is -0.908. The molecule has 1 rings (SSSR count). The number of ether oxygens (including phenoxy) is 1. The number of hydrogen-bond acceptors (Lipinski definition) is 7. The summed E-state index contributed by atoms with van der Waals surface area (Å²) in [5.74, 6) is -2.04. The summed E-state index contributed by atoms with van der Waals surface area (Å²) < 4.78 is 5.43. The highest BCUT2D eigenvalue weighted by Gasteiger charge is 2.42. The van der Waals surface area contributed by atoms with Crippen LogP contribution in [-0.2, 0) is 30.4 Å². The molecule has 284 valence electrons. The van der Waals surface area contributed by atoms with Gasteiger partial charge in [0, 0.05) is 27.7 Å². The van der Waals surface area contributed by atoms with E-state index in [2.05, 4.69) is 16.0 Å². The molecule has 12 nitrogen and oxygen atoms in total. The van der Waals surface area contributed by atoms with Gasteiger partial charge in [0.05, 0.1) is 13.2 Å². The lowest BCUT2D eigenvalue weighted by molar-refractivity contribution is -0.155. The topological polar surface area (TPSA) is 140 Å². The first-order chi connectivity index (χ1) is 23.2. The zero-order valence-electron chi connectivity index (χ0n) is 33.3. The number of hydrogen-bond donors (Lipinski definition) is 3. The summed E-state index contributed by atoms with van der Waals surface area (Å²) in [6, 6.07) is 3.69. The highest BCUT2D eigenvalue weighted by atomic mass is 16.5. The molecule has 0 bridgehead atoms. The first-order valence-electron chi connectivity index (χ1n) is 17.9. The van der Waals surface area contributed by atoms with Crippen LogP contribution in [0.4, 0.5) is 0 Å². The summed E-state index contributed by atoms with van der Waals surface area (Å²) in [7, 11) is 8.05. The standard InChI is InChI=1S/C38H66N6O6/c1-22(2)29(39-11)34(45)41-30(23(3)4)36(47)43(13)32(25(7)8)38(49)44(14)33(26(9)10)37(48)42(12)31(24(5)6)35(46)40-21-20-27-18-16-17-19-28(27)50-15/h16-19,22-26,29-33,39H,20-21H2,1-15H3,(H,40,46)(H,41,45)/t29-,30-,31-,32-,33-/m0/s1. The van der Waals surface area contributed by atoms with Crippen LogP contribution in [0.5, 0.6) is 5.75 Å². The van der Waals surface area contributed by atoms with E-state index in [1.165, 1.54) is 14.7 Å². The van der Waals surface area contributed by atoms with Crippen molar-refractivity contribution in [2.45, 2.75) is 106 Å². The predicted molar refractivity (Wildman–Crippen MR) is 198 cm³/mol. The lowest BCUT2D eigenvalue weighted by Crippen LogP contribution is -2.62. The minimum Gasteiger partial charge on any atom is -0.496 e. The van der Waals surface area contributed by atoms with E-state index < -0.39 is 36.1 Å². The number of amides is 5. The summed E-state index contributed by atoms with van der Waals surface area (Å²) in [6.07, 6.45) is 0.558. The normalized spacial score (nSPS) is 14.6. The number of methoxy groups -OCH3 is 1. The molecule has 5 amide bonds. The molecule has 12 heteroatoms. The number of rotatable bonds is 19. The van der Waals surface area contributed by atoms with Crippen LogP contribution in [-0.4, -0.2) is 116 Å². The first-order valence-corrected chi connectivity index (χ1v) is 17.9. The van der Waals surface area contributed by atoms with Crippen molar-refractivity contribution >= 4 is 29.5 Å². The molecule has 0 aliphatic heterocycles. The van der Waals surface area contributed by atoms with Gasteiger partial charge in [0.15, 0.2) is 0 Å². The maximum atomic E-state index is 14.3. The molecule has 0 aromatic heterocycles. The third-order valence-corrected chi connectivity index (χ3v) is 9.34. The Bertz CT molecular complexity index is 1280. The fraction of sp³-hybridized carbons (Fsp3) is 0.711. The Morgan fingerprint density at radius 1 is 0.620 bits per heavy atom. The number of likely N-dealkylation sites (N-methyl/N-ethyl adjacent to an activating group) is 4. The maximum absolute atomic E-state index is 14.3. The predicted octanol–water partition coefficient (Wildman–Crippen LogP) is 3.19. The molecule has 1 aromatic carbocycles. The van der Waals surface area contributed by atoms with Crippen LogP contribution in [0.3, 0.4) is 0 Å². The zero-order valence-corrected chi connectivity index (χ0v) is 33.3. The van der Waals surface area contributed by atoms with E-state index in [1.807, 2.05) is 93.5 Å². The number of nitrogens with one attached hydrogen (secondary N) is 3. The second kappa shape index (κ2) is 20.2. The van der Waals surface area contributed by atoms with Gasteiger partial charge in [-0.15, -0.1) is 0 Å². The van der Waals surface area contributed by atoms with Crippen LogP contribution in [0.15, 0.2) is 24.3 Å². The molecular formula is C38H66N6O6. The number of benzene rings is 1. The van der Waals surface area contributed by atoms with E-state index in [0.717, 1.165) is 11.3 Å². The van der Waals surface area contributed by atoms with Crippen LogP contribution in [0.2, 0.25) is 0 Å². The molecule has 0 saturated carbocycles. The van der Waals surface area contributed by atoms with Crippen molar-refractivity contribution in [3.05, 3.63) is 29.8 Å². The molecule has 1 aromatic rings. The molecule has 0 unspecified atom stereocenters. The number of carbonyl (C=O) groups excluding carboxylic acids is 5. The third-order valence-electron chi connectivity index (χ3n) is 9.34. The van der Waals surface area contributed by atoms with Crippen molar-refractivity contribution in [3.8, 4) is 5.75 Å². The summed E-state index contributed by atoms with van der Waals surface area (Å²) >= 11 is 0. The van der Waals surface area contributed by atoms with Crippen molar-refractivity contribution in [2.75, 3.05) is 41.8 Å². The number of nitrogens with zero attached hydrogens (tertiary/aromatic N) is 3. The van der Waals surface area contributed by atoms with E-state index in [9.17, 15) is 24.0 Å². The fourth-order valence-corrected chi connectivity index (χ4v) is 6.63. The largest absolute Gasteiger partial charge is 0.496 e. The summed E-state index contributed by atoms with van der Waals surface area (Å²) in [5, 5.41) is 8.90. The van der Waals surface area contributed by atoms with Gasteiger partial charge in [-0.3, -0.25) is 24.0 Å². The Labute approximate surface area is 301 Å². The molecule has 0 aliphatic carbocycles. The summed E-state index contributed by atoms with van der Waals surface area (Å²) in [6.45, 7) is 19.1. The van der Waals surface area contributed by atoms with Crippen molar-refractivity contribution in [1.82, 2.24) is 30.7 Å². The summed E-state index contributed by atoms with van der Waals surface area (Å²) in [5.41, 5.74) is 0.962. The van der Waals surface area contributed by atoms with Crippen molar-refractivity contribution in [1.29, 1.82) is 0 Å². The third kappa shape index (κ3) is 11.4. The molecule has 50 heavy (non-hydrogen) atoms. The van der Waals surface area contributed by atoms with Gasteiger partial charge in [0.1, 0.15) is 29.9 Å². The number of carbonyl (C=O) groups is 5. The second-order valence-corrected chi connectivity index (χ2v) is 15.0. The molecule has 0 saturated heterocycles. The molecule has 0 heterocycles. The van der Waals surface area contributed by atoms with Crippen molar-refractivity contribution < 1.29 is 28.7 Å². The van der Waals surface area contributed by atoms with Crippen LogP contribution >= 0.6 is 0 Å². The van der Waals surface area contributed by atoms with Crippen LogP contribution in [0.1, 0.15) is 74.8 Å². The minimum absolute atomic E-state index is 0.00248. The highest BCUT2D eigenvalue weighted by Crippen LogP contribution is 2.23. The summed E-state index contributed by atoms with van der Waals surface area (Å²) in [4.78, 5) is 73.4. The Hall–Kier alpha value is -3.67. The first kappa shape index (κ1) is 44.4. The van der Waals surface area contributed by atoms with Gasteiger partial charge in [0.2, 0.25) is 29.5 Å². The van der Waals surface area contributed by atoms with Crippen molar-refractivity contribution in [2.24, 2.45) is 29.6 Å². The lowest BCUT2D eigenvalue weighted by Gasteiger charge is -2.41. The Balaban J connectivity index is 3.27. The quantitative estimate of drug-likeness (QED) is 0.201. The van der Waals surface area contributed by atoms with Crippen LogP contribution in [0, 0.1) is 29.6 Å². The van der Waals surface area contributed by atoms with Crippen LogP contribution < -0.4 is 20.7 Å². The van der Waals surface area contributed by atoms with Gasteiger partial charge < -0.3 is 35.4 Å². The van der Waals surface area contributed by atoms with E-state index in [0.29, 0.717) is 13.0 Å². The molecule has 0 fully saturated rings. The van der Waals surface area contributed by atoms with Gasteiger partial charge >= 0.3 is 0 Å². The molecule has 3 N–H and O–H groups in total. The van der Waals surface area contributed by atoms with E-state index >= 15 is 0 Å². The molecule has 5 atom stereocenters. The highest BCUT2D eigenvalue weighted by molar-refractivity contribution is 5.96. The lowest BCUT2D eigenvalue weighted by atomic mass is 9.94. The average molecular weight is 703 g/mol. The monoisotopic (exact) mass is 703 g/mol. The van der Waals surface area contributed by atoms with Gasteiger partial charge in [-0.1, -0.05) is 87.4 Å². The van der Waals surface area contributed by atoms with E-state index in [1.54, 1.807) is 35.3 Å². The fourth-order valence-electron chi connectivity index (χ4n) is 6.63. The van der Waals surface area contributed by atoms with Gasteiger partial charge in [-0.2, -0.15) is 0 Å². The molecule has 0 spiro atoms. The molecule has 0 aliphatic rings.